The Balaban J connectivity index is 1.74. The van der Waals surface area contributed by atoms with Crippen LogP contribution in [0, 0.1) is 17.5 Å². The highest BCUT2D eigenvalue weighted by Crippen LogP contribution is 2.38. The van der Waals surface area contributed by atoms with Crippen molar-refractivity contribution in [2.45, 2.75) is 76.0 Å². The van der Waals surface area contributed by atoms with E-state index in [-0.39, 0.29) is 18.4 Å². The lowest BCUT2D eigenvalue weighted by Gasteiger charge is -2.49. The number of benzene rings is 1. The number of anilines is 1. The van der Waals surface area contributed by atoms with E-state index in [1.54, 1.807) is 20.8 Å². The van der Waals surface area contributed by atoms with Crippen LogP contribution in [0.4, 0.5) is 18.9 Å². The molecule has 3 fully saturated rings. The van der Waals surface area contributed by atoms with E-state index in [9.17, 15) is 42.3 Å². The molecule has 3 atom stereocenters. The first-order valence-electron chi connectivity index (χ1n) is 12.5. The summed E-state index contributed by atoms with van der Waals surface area (Å²) in [6.45, 7) is 3.26. The molecule has 16 heteroatoms. The van der Waals surface area contributed by atoms with E-state index in [0.717, 1.165) is 0 Å². The molecule has 41 heavy (non-hydrogen) atoms. The minimum atomic E-state index is -2.80. The minimum Gasteiger partial charge on any atom is -0.439 e. The Hall–Kier alpha value is -3.92. The van der Waals surface area contributed by atoms with E-state index >= 15 is 0 Å². The van der Waals surface area contributed by atoms with Gasteiger partial charge >= 0.3 is 23.8 Å². The zero-order valence-corrected chi connectivity index (χ0v) is 22.3. The first-order chi connectivity index (χ1) is 19.0. The van der Waals surface area contributed by atoms with Crippen LogP contribution in [0.15, 0.2) is 6.07 Å². The highest BCUT2D eigenvalue weighted by molar-refractivity contribution is 5.98. The summed E-state index contributed by atoms with van der Waals surface area (Å²) in [5.74, 6) is -10.4. The van der Waals surface area contributed by atoms with Crippen molar-refractivity contribution in [1.82, 2.24) is 9.96 Å². The van der Waals surface area contributed by atoms with Crippen molar-refractivity contribution in [3.63, 3.8) is 0 Å². The lowest BCUT2D eigenvalue weighted by atomic mass is 9.95. The summed E-state index contributed by atoms with van der Waals surface area (Å²) in [7, 11) is 0. The number of hydrogen-bond donors (Lipinski definition) is 2. The van der Waals surface area contributed by atoms with Crippen LogP contribution in [0.3, 0.4) is 0 Å². The number of hydroxylamine groups is 2. The zero-order valence-electron chi connectivity index (χ0n) is 22.3. The average Bonchev–Trinajstić information content (AvgIpc) is 2.89. The molecule has 4 bridgehead atoms. The smallest absolute Gasteiger partial charge is 0.342 e. The molecule has 3 N–H and O–H groups in total. The van der Waals surface area contributed by atoms with Gasteiger partial charge in [-0.3, -0.25) is 19.3 Å². The number of halogens is 3. The molecule has 2 unspecified atom stereocenters. The molecule has 0 aliphatic carbocycles. The molecule has 1 aromatic carbocycles. The van der Waals surface area contributed by atoms with Crippen LogP contribution >= 0.6 is 0 Å². The predicted molar refractivity (Wildman–Crippen MR) is 127 cm³/mol. The summed E-state index contributed by atoms with van der Waals surface area (Å²) < 4.78 is 58.3. The molecule has 0 spiro atoms. The maximum Gasteiger partial charge on any atom is 0.342 e. The Labute approximate surface area is 231 Å². The van der Waals surface area contributed by atoms with E-state index in [1.807, 2.05) is 0 Å². The Morgan fingerprint density at radius 3 is 2.46 bits per heavy atom. The number of nitrogens with two attached hydrogens (primary N) is 1. The molecule has 0 radical (unpaired) electrons. The minimum absolute atomic E-state index is 0.210. The number of fused-ring (bicyclic) bond motifs is 4. The quantitative estimate of drug-likeness (QED) is 0.271. The van der Waals surface area contributed by atoms with Crippen LogP contribution in [0.25, 0.3) is 0 Å². The van der Waals surface area contributed by atoms with Crippen LogP contribution in [0.2, 0.25) is 0 Å². The maximum absolute atomic E-state index is 14.4. The van der Waals surface area contributed by atoms with Crippen molar-refractivity contribution in [2.24, 2.45) is 0 Å². The van der Waals surface area contributed by atoms with Gasteiger partial charge in [-0.05, 0) is 45.2 Å². The third-order valence-corrected chi connectivity index (χ3v) is 6.63. The fourth-order valence-electron chi connectivity index (χ4n) is 4.63. The third kappa shape index (κ3) is 5.66. The van der Waals surface area contributed by atoms with Gasteiger partial charge in [0.15, 0.2) is 23.1 Å². The van der Waals surface area contributed by atoms with Gasteiger partial charge in [0.1, 0.15) is 18.8 Å². The van der Waals surface area contributed by atoms with E-state index in [1.165, 1.54) is 0 Å². The molecular weight excluding hydrogens is 559 g/mol. The predicted octanol–water partition coefficient (Wildman–Crippen LogP) is 0.600. The fraction of sp³-hybridized carbons (Fsp3) is 0.560. The Kier molecular flexibility index (Phi) is 7.68. The highest BCUT2D eigenvalue weighted by atomic mass is 19.2. The summed E-state index contributed by atoms with van der Waals surface area (Å²) in [6, 6.07) is 0.592. The van der Waals surface area contributed by atoms with E-state index < -0.39 is 108 Å². The van der Waals surface area contributed by atoms with Gasteiger partial charge in [0.05, 0.1) is 18.4 Å². The van der Waals surface area contributed by atoms with E-state index in [2.05, 4.69) is 0 Å². The monoisotopic (exact) mass is 587 g/mol. The largest absolute Gasteiger partial charge is 0.439 e. The molecular formula is C25H28F3N3O10. The van der Waals surface area contributed by atoms with Crippen LogP contribution in [-0.4, -0.2) is 81.1 Å². The number of nitrogen functional groups attached to an aromatic ring is 1. The van der Waals surface area contributed by atoms with E-state index in [4.69, 9.17) is 24.8 Å². The summed E-state index contributed by atoms with van der Waals surface area (Å²) in [5, 5.41) is 11.4. The number of nitrogens with zero attached hydrogens (tertiary/aromatic N) is 2. The Morgan fingerprint density at radius 2 is 1.80 bits per heavy atom. The standard InChI is InChI=1S/C25H28F3N3O10/c1-23(2,3)38-11-25-21(35)30-10-15(39-16(33)8-24(37,22(36)40-25)9-17(34)41-30)31(25)14(32)6-4-5-12-7-13(26)19(28)20(29)18(12)27/h7,15,37H,4-6,8-11,29H2,1-3H3/t15?,24?,25-/m1/s1. The molecule has 0 aromatic heterocycles. The molecule has 224 valence electrons. The molecule has 3 saturated heterocycles. The van der Waals surface area contributed by atoms with Crippen LogP contribution in [0.1, 0.15) is 52.0 Å². The summed E-state index contributed by atoms with van der Waals surface area (Å²) in [5.41, 5.74) is -2.61. The third-order valence-electron chi connectivity index (χ3n) is 6.63. The van der Waals surface area contributed by atoms with Crippen molar-refractivity contribution in [2.75, 3.05) is 18.9 Å². The lowest BCUT2D eigenvalue weighted by molar-refractivity contribution is -0.279. The normalized spacial score (nSPS) is 26.5. The number of piperazine rings is 1. The molecule has 13 nitrogen and oxygen atoms in total. The van der Waals surface area contributed by atoms with Crippen molar-refractivity contribution in [3.05, 3.63) is 29.1 Å². The number of amides is 2. The fourth-order valence-corrected chi connectivity index (χ4v) is 4.63. The SMILES string of the molecule is CC(C)(C)OC[C@@]12OC(=O)C3(O)CC(=O)OC(CN(OC(=O)C3)C1=O)N2C(=O)CCCc1cc(F)c(F)c(N)c1F. The second kappa shape index (κ2) is 10.5. The topological polar surface area (TPSA) is 175 Å². The van der Waals surface area contributed by atoms with Gasteiger partial charge in [0, 0.05) is 6.42 Å². The number of hydrogen-bond acceptors (Lipinski definition) is 11. The zero-order chi connectivity index (χ0) is 30.5. The van der Waals surface area contributed by atoms with Gasteiger partial charge in [0.25, 0.3) is 5.72 Å². The molecule has 3 aliphatic heterocycles. The maximum atomic E-state index is 14.4. The average molecular weight is 588 g/mol. The summed E-state index contributed by atoms with van der Waals surface area (Å²) in [6.07, 6.45) is -4.84. The van der Waals surface area contributed by atoms with Crippen molar-refractivity contribution < 1.29 is 61.3 Å². The number of aryl methyl sites for hydroxylation is 1. The van der Waals surface area contributed by atoms with E-state index in [0.29, 0.717) is 16.0 Å². The molecule has 0 saturated carbocycles. The second-order valence-electron chi connectivity index (χ2n) is 10.9. The van der Waals surface area contributed by atoms with Crippen LogP contribution < -0.4 is 5.73 Å². The van der Waals surface area contributed by atoms with Crippen molar-refractivity contribution in [1.29, 1.82) is 0 Å². The number of rotatable bonds is 6. The first-order valence-corrected chi connectivity index (χ1v) is 12.5. The number of carbonyl (C=O) groups excluding carboxylic acids is 5. The van der Waals surface area contributed by atoms with Gasteiger partial charge in [-0.25, -0.2) is 22.8 Å². The highest BCUT2D eigenvalue weighted by Gasteiger charge is 2.65. The number of aliphatic hydroxyl groups is 1. The molecule has 4 rings (SSSR count). The summed E-state index contributed by atoms with van der Waals surface area (Å²) >= 11 is 0. The van der Waals surface area contributed by atoms with Gasteiger partial charge in [-0.2, -0.15) is 5.06 Å². The molecule has 2 amide bonds. The Bertz CT molecular complexity index is 1320. The molecule has 1 aromatic rings. The second-order valence-corrected chi connectivity index (χ2v) is 10.9. The lowest BCUT2D eigenvalue weighted by Crippen LogP contribution is -2.74. The van der Waals surface area contributed by atoms with Crippen LogP contribution in [-0.2, 0) is 49.4 Å². The van der Waals surface area contributed by atoms with Crippen LogP contribution in [0.5, 0.6) is 0 Å². The molecule has 3 aliphatic rings. The van der Waals surface area contributed by atoms with Gasteiger partial charge in [-0.1, -0.05) is 0 Å². The molecule has 3 heterocycles. The summed E-state index contributed by atoms with van der Waals surface area (Å²) in [4.78, 5) is 71.5. The number of ether oxygens (including phenoxy) is 3. The van der Waals surface area contributed by atoms with Gasteiger partial charge in [0.2, 0.25) is 12.1 Å². The first kappa shape index (κ1) is 30.0. The van der Waals surface area contributed by atoms with Crippen molar-refractivity contribution >= 4 is 35.4 Å². The number of esters is 2. The Morgan fingerprint density at radius 1 is 1.15 bits per heavy atom. The van der Waals surface area contributed by atoms with Gasteiger partial charge in [-0.15, -0.1) is 0 Å². The van der Waals surface area contributed by atoms with Crippen molar-refractivity contribution in [3.8, 4) is 0 Å². The number of carbonyl (C=O) groups is 5. The van der Waals surface area contributed by atoms with Gasteiger partial charge < -0.3 is 29.9 Å².